The molecule has 4 heteroatoms. The summed E-state index contributed by atoms with van der Waals surface area (Å²) in [7, 11) is 0. The van der Waals surface area contributed by atoms with Crippen LogP contribution >= 0.6 is 0 Å². The first-order chi connectivity index (χ1) is 8.56. The maximum atomic E-state index is 11.9. The average Bonchev–Trinajstić information content (AvgIpc) is 2.38. The number of benzene rings is 1. The molecule has 0 spiro atoms. The van der Waals surface area contributed by atoms with Crippen molar-refractivity contribution in [3.63, 3.8) is 0 Å². The van der Waals surface area contributed by atoms with Crippen LogP contribution in [0, 0.1) is 5.92 Å². The van der Waals surface area contributed by atoms with Gasteiger partial charge in [-0.05, 0) is 0 Å². The van der Waals surface area contributed by atoms with Crippen molar-refractivity contribution in [3.05, 3.63) is 35.9 Å². The normalized spacial score (nSPS) is 11.9. The van der Waals surface area contributed by atoms with Crippen LogP contribution < -0.4 is 5.32 Å². The highest BCUT2D eigenvalue weighted by Crippen LogP contribution is 2.09. The number of carbonyl (C=O) groups is 2. The second-order valence-electron chi connectivity index (χ2n) is 4.35. The molecule has 1 aromatic carbocycles. The van der Waals surface area contributed by atoms with Crippen LogP contribution in [0.4, 0.5) is 0 Å². The fourth-order valence-electron chi connectivity index (χ4n) is 1.62. The predicted octanol–water partition coefficient (Wildman–Crippen LogP) is 1.51. The topological polar surface area (TPSA) is 63.2 Å². The van der Waals surface area contributed by atoms with Crippen molar-refractivity contribution in [2.24, 2.45) is 5.92 Å². The number of hydrogen-bond acceptors (Lipinski definition) is 3. The Kier molecular flexibility index (Phi) is 5.24. The van der Waals surface area contributed by atoms with Crippen LogP contribution in [-0.2, 0) is 9.59 Å². The van der Waals surface area contributed by atoms with Crippen LogP contribution in [-0.4, -0.2) is 24.0 Å². The first-order valence-corrected chi connectivity index (χ1v) is 5.81. The van der Waals surface area contributed by atoms with Crippen LogP contribution in [0.5, 0.6) is 0 Å². The quantitative estimate of drug-likeness (QED) is 0.586. The fraction of sp³-hybridized carbons (Fsp3) is 0.357. The number of hydrogen-bond donors (Lipinski definition) is 1. The van der Waals surface area contributed by atoms with Crippen LogP contribution in [0.15, 0.2) is 30.3 Å². The van der Waals surface area contributed by atoms with Gasteiger partial charge in [0.2, 0.25) is 0 Å². The molecule has 4 nitrogen and oxygen atoms in total. The van der Waals surface area contributed by atoms with Gasteiger partial charge in [0.1, 0.15) is 0 Å². The van der Waals surface area contributed by atoms with Gasteiger partial charge in [-0.3, -0.25) is 14.4 Å². The summed E-state index contributed by atoms with van der Waals surface area (Å²) in [6.07, 6.45) is 1.46. The maximum Gasteiger partial charge on any atom is 0.309 e. The lowest BCUT2D eigenvalue weighted by Gasteiger charge is -2.15. The molecule has 0 bridgehead atoms. The van der Waals surface area contributed by atoms with Crippen LogP contribution in [0.2, 0.25) is 0 Å². The largest absolute Gasteiger partial charge is 0.338 e. The van der Waals surface area contributed by atoms with E-state index in [1.54, 1.807) is 38.1 Å². The van der Waals surface area contributed by atoms with E-state index in [2.05, 4.69) is 5.32 Å². The van der Waals surface area contributed by atoms with E-state index in [0.717, 1.165) is 0 Å². The Bertz CT molecular complexity index is 426. The zero-order valence-electron chi connectivity index (χ0n) is 10.5. The van der Waals surface area contributed by atoms with Crippen molar-refractivity contribution in [2.45, 2.75) is 26.3 Å². The number of nitrogens with one attached hydrogen (secondary N) is 1. The van der Waals surface area contributed by atoms with Gasteiger partial charge in [0.15, 0.2) is 11.6 Å². The second-order valence-corrected chi connectivity index (χ2v) is 4.35. The summed E-state index contributed by atoms with van der Waals surface area (Å²) >= 11 is 0. The van der Waals surface area contributed by atoms with E-state index in [1.807, 2.05) is 6.07 Å². The Labute approximate surface area is 106 Å². The van der Waals surface area contributed by atoms with Crippen molar-refractivity contribution >= 4 is 18.0 Å². The van der Waals surface area contributed by atoms with Gasteiger partial charge in [-0.25, -0.2) is 0 Å². The van der Waals surface area contributed by atoms with Crippen molar-refractivity contribution in [1.82, 2.24) is 5.32 Å². The third kappa shape index (κ3) is 3.80. The van der Waals surface area contributed by atoms with E-state index in [0.29, 0.717) is 5.56 Å². The molecule has 0 saturated carbocycles. The van der Waals surface area contributed by atoms with Crippen molar-refractivity contribution in [3.8, 4) is 0 Å². The van der Waals surface area contributed by atoms with E-state index in [4.69, 9.17) is 0 Å². The molecular formula is C14H16NO3. The monoisotopic (exact) mass is 246 g/mol. The van der Waals surface area contributed by atoms with Crippen LogP contribution in [0.3, 0.4) is 0 Å². The molecule has 1 atom stereocenters. The molecule has 0 fully saturated rings. The lowest BCUT2D eigenvalue weighted by molar-refractivity contribution is -0.123. The summed E-state index contributed by atoms with van der Waals surface area (Å²) in [5, 5.41) is 2.29. The minimum absolute atomic E-state index is 0.0315. The van der Waals surface area contributed by atoms with Gasteiger partial charge in [0.25, 0.3) is 0 Å². The molecular weight excluding hydrogens is 230 g/mol. The zero-order chi connectivity index (χ0) is 13.5. The first-order valence-electron chi connectivity index (χ1n) is 5.81. The highest BCUT2D eigenvalue weighted by atomic mass is 16.1. The second kappa shape index (κ2) is 6.69. The average molecular weight is 246 g/mol. The lowest BCUT2D eigenvalue weighted by atomic mass is 9.95. The van der Waals surface area contributed by atoms with Gasteiger partial charge < -0.3 is 5.32 Å². The molecule has 1 rings (SSSR count). The predicted molar refractivity (Wildman–Crippen MR) is 67.9 cm³/mol. The highest BCUT2D eigenvalue weighted by Gasteiger charge is 2.24. The molecule has 1 N–H and O–H groups in total. The number of rotatable bonds is 7. The molecule has 1 unspecified atom stereocenters. The third-order valence-corrected chi connectivity index (χ3v) is 2.63. The molecule has 0 aliphatic heterocycles. The Morgan fingerprint density at radius 2 is 1.83 bits per heavy atom. The van der Waals surface area contributed by atoms with E-state index < -0.39 is 6.04 Å². The van der Waals surface area contributed by atoms with E-state index in [-0.39, 0.29) is 23.9 Å². The summed E-state index contributed by atoms with van der Waals surface area (Å²) < 4.78 is 0. The Morgan fingerprint density at radius 3 is 2.33 bits per heavy atom. The van der Waals surface area contributed by atoms with Crippen molar-refractivity contribution in [2.75, 3.05) is 0 Å². The molecule has 95 valence electrons. The molecule has 0 aromatic heterocycles. The third-order valence-electron chi connectivity index (χ3n) is 2.63. The van der Waals surface area contributed by atoms with Gasteiger partial charge in [0.05, 0.1) is 6.04 Å². The van der Waals surface area contributed by atoms with Gasteiger partial charge in [-0.2, -0.15) is 0 Å². The Hall–Kier alpha value is -1.97. The summed E-state index contributed by atoms with van der Waals surface area (Å²) in [5.41, 5.74) is 0.534. The van der Waals surface area contributed by atoms with Crippen molar-refractivity contribution in [1.29, 1.82) is 0 Å². The molecule has 1 aromatic rings. The van der Waals surface area contributed by atoms with E-state index in [1.165, 1.54) is 6.41 Å². The maximum absolute atomic E-state index is 11.9. The summed E-state index contributed by atoms with van der Waals surface area (Å²) in [5.74, 6) is -0.570. The smallest absolute Gasteiger partial charge is 0.309 e. The fourth-order valence-corrected chi connectivity index (χ4v) is 1.62. The molecule has 0 aliphatic carbocycles. The van der Waals surface area contributed by atoms with Crippen LogP contribution in [0.1, 0.15) is 30.6 Å². The van der Waals surface area contributed by atoms with E-state index >= 15 is 0 Å². The van der Waals surface area contributed by atoms with Crippen LogP contribution in [0.25, 0.3) is 0 Å². The number of amides is 1. The molecule has 0 aliphatic rings. The SMILES string of the molecule is CC(C)C(=O)C(CC(=O)c1ccccc1)N[C]=O. The van der Waals surface area contributed by atoms with Crippen molar-refractivity contribution < 1.29 is 14.4 Å². The molecule has 0 saturated heterocycles. The standard InChI is InChI=1S/C14H16NO3/c1-10(2)14(18)12(15-9-16)8-13(17)11-6-4-3-5-7-11/h3-7,10,12H,8H2,1-2H3,(H,15,16). The van der Waals surface area contributed by atoms with E-state index in [9.17, 15) is 14.4 Å². The Morgan fingerprint density at radius 1 is 1.22 bits per heavy atom. The Balaban J connectivity index is 2.75. The van der Waals surface area contributed by atoms with Gasteiger partial charge in [0, 0.05) is 17.9 Å². The molecule has 1 radical (unpaired) electrons. The molecule has 1 amide bonds. The number of ketones is 2. The number of Topliss-reactive ketones (excluding diaryl/α,β-unsaturated/α-hetero) is 2. The first kappa shape index (κ1) is 14.1. The van der Waals surface area contributed by atoms with Gasteiger partial charge in [-0.15, -0.1) is 0 Å². The summed E-state index contributed by atoms with van der Waals surface area (Å²) in [6.45, 7) is 3.46. The molecule has 0 heterocycles. The minimum Gasteiger partial charge on any atom is -0.338 e. The summed E-state index contributed by atoms with van der Waals surface area (Å²) in [6, 6.07) is 7.89. The molecule has 18 heavy (non-hydrogen) atoms. The summed E-state index contributed by atoms with van der Waals surface area (Å²) in [4.78, 5) is 34.1. The lowest BCUT2D eigenvalue weighted by Crippen LogP contribution is -2.40. The van der Waals surface area contributed by atoms with Gasteiger partial charge >= 0.3 is 6.41 Å². The highest BCUT2D eigenvalue weighted by molar-refractivity contribution is 6.00. The zero-order valence-corrected chi connectivity index (χ0v) is 10.5. The number of carbonyl (C=O) groups excluding carboxylic acids is 3. The minimum atomic E-state index is -0.796. The van der Waals surface area contributed by atoms with Gasteiger partial charge in [-0.1, -0.05) is 44.2 Å².